The van der Waals surface area contributed by atoms with Gasteiger partial charge in [0, 0.05) is 31.3 Å². The van der Waals surface area contributed by atoms with E-state index in [2.05, 4.69) is 21.9 Å². The Hall–Kier alpha value is -3.24. The lowest BCUT2D eigenvalue weighted by Crippen LogP contribution is -2.29. The van der Waals surface area contributed by atoms with Crippen LogP contribution in [0.3, 0.4) is 0 Å². The molecule has 3 N–H and O–H groups in total. The number of anilines is 1. The van der Waals surface area contributed by atoms with Crippen LogP contribution >= 0.6 is 0 Å². The maximum absolute atomic E-state index is 12.2. The Labute approximate surface area is 162 Å². The molecule has 10 heteroatoms. The van der Waals surface area contributed by atoms with Crippen LogP contribution in [-0.2, 0) is 10.0 Å². The van der Waals surface area contributed by atoms with Crippen molar-refractivity contribution in [3.05, 3.63) is 76.9 Å². The third-order valence-corrected chi connectivity index (χ3v) is 5.07. The highest BCUT2D eigenvalue weighted by Gasteiger charge is 2.15. The first-order valence-electron chi connectivity index (χ1n) is 8.31. The summed E-state index contributed by atoms with van der Waals surface area (Å²) in [6, 6.07) is 11.8. The molecule has 0 fully saturated rings. The Morgan fingerprint density at radius 3 is 2.61 bits per heavy atom. The molecule has 0 heterocycles. The molecule has 0 saturated heterocycles. The molecule has 0 aliphatic heterocycles. The van der Waals surface area contributed by atoms with Gasteiger partial charge in [0.05, 0.1) is 9.82 Å². The number of sulfonamides is 1. The van der Waals surface area contributed by atoms with Crippen LogP contribution in [0.25, 0.3) is 0 Å². The lowest BCUT2D eigenvalue weighted by atomic mass is 10.2. The molecular formula is C18H20N4O5S. The van der Waals surface area contributed by atoms with E-state index in [9.17, 15) is 23.3 Å². The number of benzene rings is 2. The Bertz CT molecular complexity index is 975. The van der Waals surface area contributed by atoms with Gasteiger partial charge in [0.1, 0.15) is 5.69 Å². The van der Waals surface area contributed by atoms with E-state index < -0.39 is 20.9 Å². The number of carbonyl (C=O) groups excluding carboxylic acids is 1. The number of hydrogen-bond acceptors (Lipinski definition) is 6. The first kappa shape index (κ1) is 21.1. The predicted molar refractivity (Wildman–Crippen MR) is 106 cm³/mol. The molecule has 0 aliphatic carbocycles. The molecule has 2 aromatic rings. The summed E-state index contributed by atoms with van der Waals surface area (Å²) >= 11 is 0. The van der Waals surface area contributed by atoms with E-state index in [1.165, 1.54) is 36.4 Å². The van der Waals surface area contributed by atoms with E-state index in [1.54, 1.807) is 18.2 Å². The van der Waals surface area contributed by atoms with Crippen LogP contribution in [0, 0.1) is 10.1 Å². The molecule has 0 aromatic heterocycles. The fourth-order valence-electron chi connectivity index (χ4n) is 2.31. The van der Waals surface area contributed by atoms with Crippen molar-refractivity contribution in [3.63, 3.8) is 0 Å². The van der Waals surface area contributed by atoms with Gasteiger partial charge in [0.2, 0.25) is 10.0 Å². The summed E-state index contributed by atoms with van der Waals surface area (Å²) in [4.78, 5) is 22.7. The van der Waals surface area contributed by atoms with Crippen molar-refractivity contribution in [1.29, 1.82) is 0 Å². The van der Waals surface area contributed by atoms with Gasteiger partial charge < -0.3 is 10.6 Å². The van der Waals surface area contributed by atoms with Crippen LogP contribution in [0.5, 0.6) is 0 Å². The van der Waals surface area contributed by atoms with Crippen LogP contribution in [0.15, 0.2) is 66.1 Å². The zero-order valence-electron chi connectivity index (χ0n) is 14.9. The monoisotopic (exact) mass is 404 g/mol. The first-order chi connectivity index (χ1) is 13.3. The molecule has 2 aromatic carbocycles. The molecule has 0 bridgehead atoms. The van der Waals surface area contributed by atoms with Crippen molar-refractivity contribution in [1.82, 2.24) is 10.0 Å². The molecule has 0 unspecified atom stereocenters. The summed E-state index contributed by atoms with van der Waals surface area (Å²) in [5.41, 5.74) is 0.481. The second-order valence-electron chi connectivity index (χ2n) is 5.63. The zero-order valence-corrected chi connectivity index (χ0v) is 15.7. The smallest absolute Gasteiger partial charge is 0.292 e. The van der Waals surface area contributed by atoms with E-state index in [4.69, 9.17) is 0 Å². The van der Waals surface area contributed by atoms with Gasteiger partial charge in [-0.1, -0.05) is 24.3 Å². The molecule has 1 amide bonds. The molecule has 0 saturated carbocycles. The fraction of sp³-hybridized carbons (Fsp3) is 0.167. The Balaban J connectivity index is 1.95. The predicted octanol–water partition coefficient (Wildman–Crippen LogP) is 1.90. The molecular weight excluding hydrogens is 384 g/mol. The highest BCUT2D eigenvalue weighted by atomic mass is 32.2. The van der Waals surface area contributed by atoms with E-state index in [1.807, 2.05) is 0 Å². The van der Waals surface area contributed by atoms with Gasteiger partial charge in [0.15, 0.2) is 0 Å². The minimum absolute atomic E-state index is 0.0277. The molecule has 0 atom stereocenters. The summed E-state index contributed by atoms with van der Waals surface area (Å²) in [5.74, 6) is -0.454. The minimum atomic E-state index is -3.73. The van der Waals surface area contributed by atoms with Crippen LogP contribution in [0.2, 0.25) is 0 Å². The van der Waals surface area contributed by atoms with Gasteiger partial charge >= 0.3 is 0 Å². The molecule has 2 rings (SSSR count). The van der Waals surface area contributed by atoms with Crippen LogP contribution < -0.4 is 15.4 Å². The van der Waals surface area contributed by atoms with Gasteiger partial charge in [-0.25, -0.2) is 13.1 Å². The fourth-order valence-corrected chi connectivity index (χ4v) is 3.36. The molecule has 0 radical (unpaired) electrons. The quantitative estimate of drug-likeness (QED) is 0.240. The SMILES string of the molecule is C=CCNS(=O)(=O)c1cccc(C(=O)NCCNc2ccccc2[N+](=O)[O-])c1. The lowest BCUT2D eigenvalue weighted by Gasteiger charge is -2.10. The van der Waals surface area contributed by atoms with Crippen molar-refractivity contribution < 1.29 is 18.1 Å². The highest BCUT2D eigenvalue weighted by molar-refractivity contribution is 7.89. The van der Waals surface area contributed by atoms with Crippen molar-refractivity contribution >= 4 is 27.3 Å². The molecule has 28 heavy (non-hydrogen) atoms. The summed E-state index contributed by atoms with van der Waals surface area (Å²) in [7, 11) is -3.73. The Morgan fingerprint density at radius 2 is 1.89 bits per heavy atom. The van der Waals surface area contributed by atoms with E-state index in [-0.39, 0.29) is 35.8 Å². The van der Waals surface area contributed by atoms with Gasteiger partial charge in [-0.3, -0.25) is 14.9 Å². The van der Waals surface area contributed by atoms with Crippen LogP contribution in [0.4, 0.5) is 11.4 Å². The number of nitro benzene ring substituents is 1. The van der Waals surface area contributed by atoms with Crippen molar-refractivity contribution in [3.8, 4) is 0 Å². The number of carbonyl (C=O) groups is 1. The average molecular weight is 404 g/mol. The number of nitrogens with zero attached hydrogens (tertiary/aromatic N) is 1. The van der Waals surface area contributed by atoms with Crippen LogP contribution in [0.1, 0.15) is 10.4 Å². The summed E-state index contributed by atoms with van der Waals surface area (Å²) in [5, 5.41) is 16.5. The zero-order chi connectivity index (χ0) is 20.6. The topological polar surface area (TPSA) is 130 Å². The standard InChI is InChI=1S/C18H20N4O5S/c1-2-10-21-28(26,27)15-7-5-6-14(13-15)18(23)20-12-11-19-16-8-3-4-9-17(16)22(24)25/h2-9,13,19,21H,1,10-12H2,(H,20,23). The first-order valence-corrected chi connectivity index (χ1v) is 9.79. The number of nitro groups is 1. The molecule has 148 valence electrons. The van der Waals surface area contributed by atoms with E-state index >= 15 is 0 Å². The number of nitrogens with one attached hydrogen (secondary N) is 3. The number of para-hydroxylation sites is 2. The van der Waals surface area contributed by atoms with E-state index in [0.717, 1.165) is 0 Å². The maximum atomic E-state index is 12.2. The maximum Gasteiger partial charge on any atom is 0.292 e. The van der Waals surface area contributed by atoms with Gasteiger partial charge in [0.25, 0.3) is 11.6 Å². The van der Waals surface area contributed by atoms with Crippen molar-refractivity contribution in [2.45, 2.75) is 4.90 Å². The Kier molecular flexibility index (Phi) is 7.24. The summed E-state index contributed by atoms with van der Waals surface area (Å²) in [6.45, 7) is 3.98. The normalized spacial score (nSPS) is 10.9. The number of amides is 1. The van der Waals surface area contributed by atoms with Gasteiger partial charge in [-0.15, -0.1) is 6.58 Å². The molecule has 0 aliphatic rings. The number of rotatable bonds is 10. The van der Waals surface area contributed by atoms with Gasteiger partial charge in [-0.2, -0.15) is 0 Å². The minimum Gasteiger partial charge on any atom is -0.378 e. The Morgan fingerprint density at radius 1 is 1.14 bits per heavy atom. The summed E-state index contributed by atoms with van der Waals surface area (Å²) in [6.07, 6.45) is 1.41. The van der Waals surface area contributed by atoms with Crippen molar-refractivity contribution in [2.24, 2.45) is 0 Å². The number of hydrogen-bond donors (Lipinski definition) is 3. The average Bonchev–Trinajstić information content (AvgIpc) is 2.69. The second kappa shape index (κ2) is 9.62. The largest absolute Gasteiger partial charge is 0.378 e. The molecule has 0 spiro atoms. The second-order valence-corrected chi connectivity index (χ2v) is 7.39. The summed E-state index contributed by atoms with van der Waals surface area (Å²) < 4.78 is 26.6. The van der Waals surface area contributed by atoms with E-state index in [0.29, 0.717) is 5.69 Å². The molecule has 9 nitrogen and oxygen atoms in total. The lowest BCUT2D eigenvalue weighted by molar-refractivity contribution is -0.384. The third-order valence-electron chi connectivity index (χ3n) is 3.65. The van der Waals surface area contributed by atoms with Gasteiger partial charge in [-0.05, 0) is 24.3 Å². The highest BCUT2D eigenvalue weighted by Crippen LogP contribution is 2.22. The van der Waals surface area contributed by atoms with Crippen molar-refractivity contribution in [2.75, 3.05) is 25.0 Å². The van der Waals surface area contributed by atoms with Crippen LogP contribution in [-0.4, -0.2) is 38.9 Å². The third kappa shape index (κ3) is 5.63.